The molecule has 0 unspecified atom stereocenters. The molecule has 162 valence electrons. The SMILES string of the molecule is CCNC(=NCc1ccc(OCCOC)cc1)NCCc1cccc(C(=O)NC)c1. The Bertz CT molecular complexity index is 806. The first-order valence-corrected chi connectivity index (χ1v) is 10.2. The predicted molar refractivity (Wildman–Crippen MR) is 120 cm³/mol. The van der Waals surface area contributed by atoms with Gasteiger partial charge in [-0.05, 0) is 48.7 Å². The van der Waals surface area contributed by atoms with Gasteiger partial charge in [0.15, 0.2) is 5.96 Å². The van der Waals surface area contributed by atoms with Gasteiger partial charge in [0.1, 0.15) is 12.4 Å². The second kappa shape index (κ2) is 13.2. The molecule has 0 aliphatic rings. The van der Waals surface area contributed by atoms with E-state index in [2.05, 4.69) is 20.9 Å². The van der Waals surface area contributed by atoms with Crippen molar-refractivity contribution in [3.63, 3.8) is 0 Å². The number of nitrogens with zero attached hydrogens (tertiary/aromatic N) is 1. The largest absolute Gasteiger partial charge is 0.491 e. The molecule has 0 bridgehead atoms. The number of nitrogens with one attached hydrogen (secondary N) is 3. The number of benzene rings is 2. The van der Waals surface area contributed by atoms with Crippen LogP contribution in [-0.2, 0) is 17.7 Å². The normalized spacial score (nSPS) is 11.1. The van der Waals surface area contributed by atoms with Crippen LogP contribution in [0, 0.1) is 0 Å². The van der Waals surface area contributed by atoms with Crippen LogP contribution in [0.5, 0.6) is 5.75 Å². The summed E-state index contributed by atoms with van der Waals surface area (Å²) in [4.78, 5) is 16.4. The Morgan fingerprint density at radius 2 is 1.83 bits per heavy atom. The standard InChI is InChI=1S/C23H32N4O3/c1-4-25-23(26-13-12-18-6-5-7-20(16-18)22(28)24-2)27-17-19-8-10-21(11-9-19)30-15-14-29-3/h5-11,16H,4,12-15,17H2,1-3H3,(H,24,28)(H2,25,26,27). The van der Waals surface area contributed by atoms with Crippen LogP contribution in [0.1, 0.15) is 28.4 Å². The highest BCUT2D eigenvalue weighted by molar-refractivity contribution is 5.94. The summed E-state index contributed by atoms with van der Waals surface area (Å²) in [5.74, 6) is 1.51. The number of hydrogen-bond acceptors (Lipinski definition) is 4. The maximum atomic E-state index is 11.8. The van der Waals surface area contributed by atoms with E-state index >= 15 is 0 Å². The van der Waals surface area contributed by atoms with Crippen molar-refractivity contribution in [2.24, 2.45) is 4.99 Å². The summed E-state index contributed by atoms with van der Waals surface area (Å²) in [6, 6.07) is 15.6. The molecular formula is C23H32N4O3. The van der Waals surface area contributed by atoms with E-state index in [0.29, 0.717) is 25.3 Å². The van der Waals surface area contributed by atoms with Crippen molar-refractivity contribution in [2.75, 3.05) is 40.5 Å². The molecular weight excluding hydrogens is 380 g/mol. The lowest BCUT2D eigenvalue weighted by Crippen LogP contribution is -2.38. The van der Waals surface area contributed by atoms with Crippen LogP contribution in [0.3, 0.4) is 0 Å². The lowest BCUT2D eigenvalue weighted by molar-refractivity contribution is 0.0963. The lowest BCUT2D eigenvalue weighted by atomic mass is 10.1. The minimum atomic E-state index is -0.0742. The summed E-state index contributed by atoms with van der Waals surface area (Å²) in [5, 5.41) is 9.26. The average molecular weight is 413 g/mol. The van der Waals surface area contributed by atoms with E-state index in [0.717, 1.165) is 42.3 Å². The average Bonchev–Trinajstić information content (AvgIpc) is 2.78. The predicted octanol–water partition coefficient (Wildman–Crippen LogP) is 2.37. The number of aliphatic imine (C=N–C) groups is 1. The zero-order chi connectivity index (χ0) is 21.6. The van der Waals surface area contributed by atoms with Gasteiger partial charge in [0.25, 0.3) is 5.91 Å². The molecule has 2 aromatic rings. The van der Waals surface area contributed by atoms with E-state index in [1.54, 1.807) is 14.2 Å². The van der Waals surface area contributed by atoms with Crippen molar-refractivity contribution in [3.8, 4) is 5.75 Å². The Kier molecular flexibility index (Phi) is 10.2. The highest BCUT2D eigenvalue weighted by atomic mass is 16.5. The molecule has 7 heteroatoms. The summed E-state index contributed by atoms with van der Waals surface area (Å²) in [6.07, 6.45) is 0.794. The summed E-state index contributed by atoms with van der Waals surface area (Å²) in [7, 11) is 3.29. The van der Waals surface area contributed by atoms with Crippen LogP contribution in [0.4, 0.5) is 0 Å². The number of guanidine groups is 1. The Morgan fingerprint density at radius 3 is 2.53 bits per heavy atom. The number of carbonyl (C=O) groups excluding carboxylic acids is 1. The van der Waals surface area contributed by atoms with Crippen LogP contribution in [0.25, 0.3) is 0 Å². The van der Waals surface area contributed by atoms with E-state index in [9.17, 15) is 4.79 Å². The fourth-order valence-electron chi connectivity index (χ4n) is 2.78. The maximum absolute atomic E-state index is 11.8. The van der Waals surface area contributed by atoms with Crippen LogP contribution in [0.2, 0.25) is 0 Å². The molecule has 2 rings (SSSR count). The molecule has 0 spiro atoms. The van der Waals surface area contributed by atoms with E-state index < -0.39 is 0 Å². The molecule has 0 atom stereocenters. The van der Waals surface area contributed by atoms with Crippen molar-refractivity contribution in [1.29, 1.82) is 0 Å². The molecule has 0 fully saturated rings. The Balaban J connectivity index is 1.86. The molecule has 30 heavy (non-hydrogen) atoms. The van der Waals surface area contributed by atoms with Gasteiger partial charge in [-0.3, -0.25) is 4.79 Å². The number of methoxy groups -OCH3 is 1. The van der Waals surface area contributed by atoms with Gasteiger partial charge in [-0.2, -0.15) is 0 Å². The topological polar surface area (TPSA) is 84.0 Å². The van der Waals surface area contributed by atoms with Gasteiger partial charge in [-0.25, -0.2) is 4.99 Å². The van der Waals surface area contributed by atoms with Gasteiger partial charge in [0, 0.05) is 32.8 Å². The Hall–Kier alpha value is -3.06. The van der Waals surface area contributed by atoms with Gasteiger partial charge in [0.05, 0.1) is 13.2 Å². The fraction of sp³-hybridized carbons (Fsp3) is 0.391. The molecule has 0 radical (unpaired) electrons. The van der Waals surface area contributed by atoms with Crippen molar-refractivity contribution >= 4 is 11.9 Å². The first-order chi connectivity index (χ1) is 14.7. The van der Waals surface area contributed by atoms with Crippen molar-refractivity contribution in [1.82, 2.24) is 16.0 Å². The second-order valence-electron chi connectivity index (χ2n) is 6.64. The van der Waals surface area contributed by atoms with Crippen LogP contribution in [-0.4, -0.2) is 52.3 Å². The Morgan fingerprint density at radius 1 is 1.03 bits per heavy atom. The highest BCUT2D eigenvalue weighted by Crippen LogP contribution is 2.12. The molecule has 0 aliphatic heterocycles. The summed E-state index contributed by atoms with van der Waals surface area (Å²) in [5.41, 5.74) is 2.87. The number of amides is 1. The maximum Gasteiger partial charge on any atom is 0.251 e. The zero-order valence-corrected chi connectivity index (χ0v) is 18.0. The van der Waals surface area contributed by atoms with Gasteiger partial charge in [0.2, 0.25) is 0 Å². The third-order valence-electron chi connectivity index (χ3n) is 4.37. The molecule has 0 aromatic heterocycles. The van der Waals surface area contributed by atoms with Crippen LogP contribution in [0.15, 0.2) is 53.5 Å². The van der Waals surface area contributed by atoms with Crippen LogP contribution < -0.4 is 20.7 Å². The Labute approximate surface area is 178 Å². The number of hydrogen-bond donors (Lipinski definition) is 3. The zero-order valence-electron chi connectivity index (χ0n) is 18.0. The molecule has 3 N–H and O–H groups in total. The number of carbonyl (C=O) groups is 1. The minimum absolute atomic E-state index is 0.0742. The number of rotatable bonds is 11. The van der Waals surface area contributed by atoms with Gasteiger partial charge < -0.3 is 25.4 Å². The minimum Gasteiger partial charge on any atom is -0.491 e. The van der Waals surface area contributed by atoms with Crippen LogP contribution >= 0.6 is 0 Å². The third-order valence-corrected chi connectivity index (χ3v) is 4.37. The number of ether oxygens (including phenoxy) is 2. The van der Waals surface area contributed by atoms with E-state index in [-0.39, 0.29) is 5.91 Å². The fourth-order valence-corrected chi connectivity index (χ4v) is 2.78. The quantitative estimate of drug-likeness (QED) is 0.300. The van der Waals surface area contributed by atoms with Gasteiger partial charge in [-0.1, -0.05) is 24.3 Å². The first kappa shape index (κ1) is 23.2. The van der Waals surface area contributed by atoms with Crippen molar-refractivity contribution < 1.29 is 14.3 Å². The van der Waals surface area contributed by atoms with E-state index in [4.69, 9.17) is 9.47 Å². The monoisotopic (exact) mass is 412 g/mol. The molecule has 2 aromatic carbocycles. The third kappa shape index (κ3) is 8.13. The molecule has 0 saturated carbocycles. The smallest absolute Gasteiger partial charge is 0.251 e. The highest BCUT2D eigenvalue weighted by Gasteiger charge is 2.04. The van der Waals surface area contributed by atoms with Crippen molar-refractivity contribution in [2.45, 2.75) is 19.9 Å². The van der Waals surface area contributed by atoms with E-state index in [1.165, 1.54) is 0 Å². The van der Waals surface area contributed by atoms with Gasteiger partial charge in [-0.15, -0.1) is 0 Å². The van der Waals surface area contributed by atoms with Crippen molar-refractivity contribution in [3.05, 3.63) is 65.2 Å². The summed E-state index contributed by atoms with van der Waals surface area (Å²) < 4.78 is 10.6. The molecule has 1 amide bonds. The molecule has 0 aliphatic carbocycles. The van der Waals surface area contributed by atoms with Gasteiger partial charge >= 0.3 is 0 Å². The molecule has 0 heterocycles. The van der Waals surface area contributed by atoms with E-state index in [1.807, 2.05) is 55.5 Å². The second-order valence-corrected chi connectivity index (χ2v) is 6.64. The first-order valence-electron chi connectivity index (χ1n) is 10.2. The molecule has 7 nitrogen and oxygen atoms in total. The summed E-state index contributed by atoms with van der Waals surface area (Å²) in [6.45, 7) is 5.21. The molecule has 0 saturated heterocycles. The lowest BCUT2D eigenvalue weighted by Gasteiger charge is -2.12. The summed E-state index contributed by atoms with van der Waals surface area (Å²) >= 11 is 0.